The van der Waals surface area contributed by atoms with E-state index in [-0.39, 0.29) is 5.78 Å². The summed E-state index contributed by atoms with van der Waals surface area (Å²) >= 11 is 0. The van der Waals surface area contributed by atoms with E-state index in [0.29, 0.717) is 12.3 Å². The van der Waals surface area contributed by atoms with Crippen molar-refractivity contribution in [3.63, 3.8) is 0 Å². The standard InChI is InChI=1S/C8H16O2/c1-6(2)4-5-8(10)7(3)9/h6,8,10H,4-5H2,1-3H3/t8-/m0/s1. The Morgan fingerprint density at radius 1 is 1.40 bits per heavy atom. The van der Waals surface area contributed by atoms with Gasteiger partial charge in [0, 0.05) is 0 Å². The average Bonchev–Trinajstić information content (AvgIpc) is 1.82. The second-order valence-corrected chi connectivity index (χ2v) is 3.10. The third-order valence-corrected chi connectivity index (χ3v) is 1.49. The molecule has 0 aliphatic heterocycles. The molecule has 0 amide bonds. The molecule has 0 radical (unpaired) electrons. The Labute approximate surface area is 62.2 Å². The maximum atomic E-state index is 10.5. The minimum Gasteiger partial charge on any atom is -0.385 e. The monoisotopic (exact) mass is 144 g/mol. The first-order chi connectivity index (χ1) is 4.54. The minimum atomic E-state index is -0.734. The van der Waals surface area contributed by atoms with Crippen LogP contribution in [0.15, 0.2) is 0 Å². The molecular formula is C8H16O2. The Kier molecular flexibility index (Phi) is 4.28. The molecule has 0 aliphatic rings. The van der Waals surface area contributed by atoms with Gasteiger partial charge in [0.05, 0.1) is 0 Å². The fourth-order valence-electron chi connectivity index (χ4n) is 0.694. The number of carbonyl (C=O) groups excluding carboxylic acids is 1. The van der Waals surface area contributed by atoms with Crippen molar-refractivity contribution in [2.45, 2.75) is 39.7 Å². The molecule has 0 aromatic heterocycles. The van der Waals surface area contributed by atoms with Crippen molar-refractivity contribution in [1.82, 2.24) is 0 Å². The first-order valence-corrected chi connectivity index (χ1v) is 3.72. The molecule has 0 saturated heterocycles. The van der Waals surface area contributed by atoms with Crippen LogP contribution in [0.1, 0.15) is 33.6 Å². The van der Waals surface area contributed by atoms with Gasteiger partial charge in [-0.05, 0) is 25.7 Å². The highest BCUT2D eigenvalue weighted by Crippen LogP contribution is 2.06. The SMILES string of the molecule is CC(=O)[C@@H](O)CCC(C)C. The second kappa shape index (κ2) is 4.45. The van der Waals surface area contributed by atoms with E-state index in [1.807, 2.05) is 0 Å². The smallest absolute Gasteiger partial charge is 0.158 e. The molecule has 0 saturated carbocycles. The maximum Gasteiger partial charge on any atom is 0.158 e. The first kappa shape index (κ1) is 9.63. The molecule has 2 heteroatoms. The summed E-state index contributed by atoms with van der Waals surface area (Å²) in [5.41, 5.74) is 0. The molecule has 0 rings (SSSR count). The summed E-state index contributed by atoms with van der Waals surface area (Å²) in [6.07, 6.45) is 0.788. The molecule has 0 aromatic carbocycles. The van der Waals surface area contributed by atoms with Gasteiger partial charge in [-0.2, -0.15) is 0 Å². The van der Waals surface area contributed by atoms with Gasteiger partial charge in [-0.1, -0.05) is 13.8 Å². The Bertz CT molecular complexity index is 108. The Balaban J connectivity index is 3.40. The van der Waals surface area contributed by atoms with Gasteiger partial charge < -0.3 is 5.11 Å². The van der Waals surface area contributed by atoms with E-state index < -0.39 is 6.10 Å². The van der Waals surface area contributed by atoms with Crippen LogP contribution in [0.2, 0.25) is 0 Å². The van der Waals surface area contributed by atoms with Crippen molar-refractivity contribution in [3.8, 4) is 0 Å². The highest BCUT2D eigenvalue weighted by atomic mass is 16.3. The van der Waals surface area contributed by atoms with E-state index in [4.69, 9.17) is 5.11 Å². The number of carbonyl (C=O) groups is 1. The highest BCUT2D eigenvalue weighted by molar-refractivity contribution is 5.79. The number of aliphatic hydroxyl groups excluding tert-OH is 1. The summed E-state index contributed by atoms with van der Waals surface area (Å²) < 4.78 is 0. The topological polar surface area (TPSA) is 37.3 Å². The summed E-state index contributed by atoms with van der Waals surface area (Å²) in [5.74, 6) is 0.439. The molecule has 10 heavy (non-hydrogen) atoms. The van der Waals surface area contributed by atoms with E-state index in [2.05, 4.69) is 13.8 Å². The van der Waals surface area contributed by atoms with Crippen molar-refractivity contribution < 1.29 is 9.90 Å². The zero-order valence-electron chi connectivity index (χ0n) is 6.92. The Morgan fingerprint density at radius 3 is 2.20 bits per heavy atom. The zero-order chi connectivity index (χ0) is 8.15. The van der Waals surface area contributed by atoms with Crippen molar-refractivity contribution in [2.24, 2.45) is 5.92 Å². The van der Waals surface area contributed by atoms with Gasteiger partial charge in [-0.25, -0.2) is 0 Å². The van der Waals surface area contributed by atoms with Gasteiger partial charge in [-0.3, -0.25) is 4.79 Å². The predicted octanol–water partition coefficient (Wildman–Crippen LogP) is 1.37. The van der Waals surface area contributed by atoms with Crippen LogP contribution in [0.5, 0.6) is 0 Å². The molecule has 0 fully saturated rings. The lowest BCUT2D eigenvalue weighted by Gasteiger charge is -2.07. The number of hydrogen-bond donors (Lipinski definition) is 1. The second-order valence-electron chi connectivity index (χ2n) is 3.10. The Hall–Kier alpha value is -0.370. The molecular weight excluding hydrogens is 128 g/mol. The van der Waals surface area contributed by atoms with E-state index in [1.54, 1.807) is 0 Å². The van der Waals surface area contributed by atoms with Gasteiger partial charge in [0.15, 0.2) is 5.78 Å². The molecule has 2 nitrogen and oxygen atoms in total. The number of Topliss-reactive ketones (excluding diaryl/α,β-unsaturated/α-hetero) is 1. The molecule has 0 spiro atoms. The predicted molar refractivity (Wildman–Crippen MR) is 40.8 cm³/mol. The quantitative estimate of drug-likeness (QED) is 0.647. The summed E-state index contributed by atoms with van der Waals surface area (Å²) in [6, 6.07) is 0. The van der Waals surface area contributed by atoms with Crippen LogP contribution in [0.25, 0.3) is 0 Å². The van der Waals surface area contributed by atoms with Gasteiger partial charge in [0.2, 0.25) is 0 Å². The third kappa shape index (κ3) is 4.50. The van der Waals surface area contributed by atoms with Crippen LogP contribution in [-0.4, -0.2) is 17.0 Å². The van der Waals surface area contributed by atoms with E-state index in [9.17, 15) is 4.79 Å². The normalized spacial score (nSPS) is 13.7. The fourth-order valence-corrected chi connectivity index (χ4v) is 0.694. The lowest BCUT2D eigenvalue weighted by Crippen LogP contribution is -2.17. The number of ketones is 1. The van der Waals surface area contributed by atoms with Crippen LogP contribution in [0.4, 0.5) is 0 Å². The maximum absolute atomic E-state index is 10.5. The molecule has 1 atom stereocenters. The fraction of sp³-hybridized carbons (Fsp3) is 0.875. The molecule has 0 unspecified atom stereocenters. The van der Waals surface area contributed by atoms with Gasteiger partial charge >= 0.3 is 0 Å². The largest absolute Gasteiger partial charge is 0.385 e. The Morgan fingerprint density at radius 2 is 1.90 bits per heavy atom. The van der Waals surface area contributed by atoms with Gasteiger partial charge in [-0.15, -0.1) is 0 Å². The van der Waals surface area contributed by atoms with Crippen molar-refractivity contribution in [3.05, 3.63) is 0 Å². The number of aliphatic hydroxyl groups is 1. The molecule has 0 aromatic rings. The molecule has 0 aliphatic carbocycles. The van der Waals surface area contributed by atoms with Crippen LogP contribution in [0.3, 0.4) is 0 Å². The summed E-state index contributed by atoms with van der Waals surface area (Å²) in [6.45, 7) is 5.57. The van der Waals surface area contributed by atoms with Crippen LogP contribution >= 0.6 is 0 Å². The van der Waals surface area contributed by atoms with E-state index in [1.165, 1.54) is 6.92 Å². The first-order valence-electron chi connectivity index (χ1n) is 3.72. The van der Waals surface area contributed by atoms with Crippen LogP contribution in [0, 0.1) is 5.92 Å². The lowest BCUT2D eigenvalue weighted by atomic mass is 10.0. The van der Waals surface area contributed by atoms with E-state index >= 15 is 0 Å². The summed E-state index contributed by atoms with van der Waals surface area (Å²) in [5, 5.41) is 9.03. The molecule has 0 heterocycles. The summed E-state index contributed by atoms with van der Waals surface area (Å²) in [4.78, 5) is 10.5. The zero-order valence-corrected chi connectivity index (χ0v) is 6.92. The lowest BCUT2D eigenvalue weighted by molar-refractivity contribution is -0.125. The highest BCUT2D eigenvalue weighted by Gasteiger charge is 2.09. The van der Waals surface area contributed by atoms with Gasteiger partial charge in [0.25, 0.3) is 0 Å². The van der Waals surface area contributed by atoms with Crippen molar-refractivity contribution in [2.75, 3.05) is 0 Å². The molecule has 1 N–H and O–H groups in total. The molecule has 60 valence electrons. The van der Waals surface area contributed by atoms with Crippen LogP contribution in [-0.2, 0) is 4.79 Å². The van der Waals surface area contributed by atoms with E-state index in [0.717, 1.165) is 6.42 Å². The average molecular weight is 144 g/mol. The number of hydrogen-bond acceptors (Lipinski definition) is 2. The van der Waals surface area contributed by atoms with Crippen molar-refractivity contribution >= 4 is 5.78 Å². The van der Waals surface area contributed by atoms with Crippen molar-refractivity contribution in [1.29, 1.82) is 0 Å². The third-order valence-electron chi connectivity index (χ3n) is 1.49. The summed E-state index contributed by atoms with van der Waals surface area (Å²) in [7, 11) is 0. The number of rotatable bonds is 4. The minimum absolute atomic E-state index is 0.124. The van der Waals surface area contributed by atoms with Crippen LogP contribution < -0.4 is 0 Å². The molecule has 0 bridgehead atoms. The van der Waals surface area contributed by atoms with Gasteiger partial charge in [0.1, 0.15) is 6.10 Å².